The summed E-state index contributed by atoms with van der Waals surface area (Å²) in [5, 5.41) is 11.0. The number of aromatic nitrogens is 3. The molecule has 0 atom stereocenters. The summed E-state index contributed by atoms with van der Waals surface area (Å²) in [5.74, 6) is 1.83. The van der Waals surface area contributed by atoms with Gasteiger partial charge in [-0.1, -0.05) is 158 Å². The van der Waals surface area contributed by atoms with Gasteiger partial charge >= 0.3 is 0 Å². The third-order valence-corrected chi connectivity index (χ3v) is 10.5. The van der Waals surface area contributed by atoms with Crippen LogP contribution in [0.15, 0.2) is 180 Å². The van der Waals surface area contributed by atoms with Crippen molar-refractivity contribution in [1.82, 2.24) is 15.0 Å². The number of nitrogens with zero attached hydrogens (tertiary/aromatic N) is 3. The van der Waals surface area contributed by atoms with E-state index in [1.54, 1.807) is 0 Å². The topological polar surface area (TPSA) is 51.8 Å². The molecule has 0 saturated carbocycles. The Labute approximate surface area is 304 Å². The maximum atomic E-state index is 6.92. The van der Waals surface area contributed by atoms with E-state index < -0.39 is 0 Å². The molecule has 0 amide bonds. The first-order valence-electron chi connectivity index (χ1n) is 17.9. The minimum absolute atomic E-state index is 0.598. The van der Waals surface area contributed by atoms with E-state index in [4.69, 9.17) is 19.4 Å². The summed E-state index contributed by atoms with van der Waals surface area (Å²) in [7, 11) is 0. The van der Waals surface area contributed by atoms with Gasteiger partial charge in [0.25, 0.3) is 0 Å². The van der Waals surface area contributed by atoms with E-state index in [0.717, 1.165) is 76.3 Å². The molecule has 0 saturated heterocycles. The normalized spacial score (nSPS) is 11.8. The van der Waals surface area contributed by atoms with Gasteiger partial charge in [-0.05, 0) is 67.0 Å². The molecule has 0 aliphatic carbocycles. The summed E-state index contributed by atoms with van der Waals surface area (Å²) in [4.78, 5) is 15.8. The lowest BCUT2D eigenvalue weighted by atomic mass is 9.94. The van der Waals surface area contributed by atoms with Crippen LogP contribution in [-0.2, 0) is 0 Å². The molecule has 9 aromatic carbocycles. The standard InChI is InChI=1S/C49H29N3O/c1-3-13-30(14-4-1)35-26-27-40(39-22-12-11-21-38(35)39)48-50-47(33-17-5-2-6-18-33)51-49(52-48)41-29-34-24-23-31-15-7-9-19-36(31)43(34)46-45(41)44-37-20-10-8-16-32(37)25-28-42(44)53-46/h1-29H. The summed E-state index contributed by atoms with van der Waals surface area (Å²) in [6.07, 6.45) is 0. The average Bonchev–Trinajstić information content (AvgIpc) is 3.64. The van der Waals surface area contributed by atoms with Crippen LogP contribution in [0, 0.1) is 0 Å². The highest BCUT2D eigenvalue weighted by Gasteiger charge is 2.23. The van der Waals surface area contributed by atoms with Crippen molar-refractivity contribution in [3.8, 4) is 45.3 Å². The van der Waals surface area contributed by atoms with Gasteiger partial charge < -0.3 is 4.42 Å². The van der Waals surface area contributed by atoms with E-state index in [1.165, 1.54) is 16.5 Å². The molecular formula is C49H29N3O. The molecule has 2 aromatic heterocycles. The van der Waals surface area contributed by atoms with Crippen LogP contribution in [-0.4, -0.2) is 15.0 Å². The number of fused-ring (bicyclic) bond motifs is 10. The Kier molecular flexibility index (Phi) is 6.52. The third kappa shape index (κ3) is 4.66. The first-order valence-corrected chi connectivity index (χ1v) is 17.9. The molecule has 11 rings (SSSR count). The summed E-state index contributed by atoms with van der Waals surface area (Å²) in [6.45, 7) is 0. The molecule has 4 nitrogen and oxygen atoms in total. The van der Waals surface area contributed by atoms with Crippen molar-refractivity contribution in [3.63, 3.8) is 0 Å². The van der Waals surface area contributed by atoms with E-state index in [1.807, 2.05) is 18.2 Å². The van der Waals surface area contributed by atoms with Crippen molar-refractivity contribution in [3.05, 3.63) is 176 Å². The monoisotopic (exact) mass is 675 g/mol. The highest BCUT2D eigenvalue weighted by molar-refractivity contribution is 6.30. The summed E-state index contributed by atoms with van der Waals surface area (Å²) < 4.78 is 6.92. The van der Waals surface area contributed by atoms with Crippen LogP contribution < -0.4 is 0 Å². The molecule has 0 radical (unpaired) electrons. The molecule has 11 aromatic rings. The Morgan fingerprint density at radius 2 is 0.830 bits per heavy atom. The average molecular weight is 676 g/mol. The Morgan fingerprint density at radius 1 is 0.321 bits per heavy atom. The molecule has 2 heterocycles. The van der Waals surface area contributed by atoms with Gasteiger partial charge in [-0.15, -0.1) is 0 Å². The Bertz CT molecular complexity index is 3220. The van der Waals surface area contributed by atoms with Crippen molar-refractivity contribution in [2.75, 3.05) is 0 Å². The van der Waals surface area contributed by atoms with Gasteiger partial charge in [-0.25, -0.2) is 15.0 Å². The van der Waals surface area contributed by atoms with Crippen molar-refractivity contribution in [2.24, 2.45) is 0 Å². The van der Waals surface area contributed by atoms with Gasteiger partial charge in [0, 0.05) is 32.8 Å². The molecule has 53 heavy (non-hydrogen) atoms. The maximum absolute atomic E-state index is 6.92. The lowest BCUT2D eigenvalue weighted by molar-refractivity contribution is 0.673. The number of hydrogen-bond acceptors (Lipinski definition) is 4. The first-order chi connectivity index (χ1) is 26.3. The molecule has 0 aliphatic rings. The maximum Gasteiger partial charge on any atom is 0.164 e. The molecule has 246 valence electrons. The second-order valence-electron chi connectivity index (χ2n) is 13.5. The predicted molar refractivity (Wildman–Crippen MR) is 219 cm³/mol. The molecule has 0 spiro atoms. The Hall–Kier alpha value is -7.17. The van der Waals surface area contributed by atoms with Crippen LogP contribution >= 0.6 is 0 Å². The minimum Gasteiger partial charge on any atom is -0.455 e. The van der Waals surface area contributed by atoms with Gasteiger partial charge in [0.1, 0.15) is 11.2 Å². The second kappa shape index (κ2) is 11.7. The molecule has 0 unspecified atom stereocenters. The molecular weight excluding hydrogens is 647 g/mol. The first kappa shape index (κ1) is 29.5. The van der Waals surface area contributed by atoms with E-state index >= 15 is 0 Å². The smallest absolute Gasteiger partial charge is 0.164 e. The number of benzene rings is 9. The van der Waals surface area contributed by atoms with Gasteiger partial charge in [0.2, 0.25) is 0 Å². The largest absolute Gasteiger partial charge is 0.455 e. The van der Waals surface area contributed by atoms with Crippen molar-refractivity contribution in [1.29, 1.82) is 0 Å². The van der Waals surface area contributed by atoms with Crippen molar-refractivity contribution in [2.45, 2.75) is 0 Å². The predicted octanol–water partition coefficient (Wildman–Crippen LogP) is 13.1. The van der Waals surface area contributed by atoms with Crippen LogP contribution in [0.1, 0.15) is 0 Å². The summed E-state index contributed by atoms with van der Waals surface area (Å²) in [5.41, 5.74) is 6.79. The highest BCUT2D eigenvalue weighted by Crippen LogP contribution is 2.45. The van der Waals surface area contributed by atoms with Gasteiger partial charge in [-0.3, -0.25) is 0 Å². The molecule has 0 N–H and O–H groups in total. The zero-order valence-corrected chi connectivity index (χ0v) is 28.5. The quantitative estimate of drug-likeness (QED) is 0.174. The van der Waals surface area contributed by atoms with Crippen LogP contribution in [0.25, 0.3) is 110 Å². The molecule has 0 fully saturated rings. The lowest BCUT2D eigenvalue weighted by Crippen LogP contribution is -2.01. The number of furan rings is 1. The van der Waals surface area contributed by atoms with Gasteiger partial charge in [0.05, 0.1) is 0 Å². The number of rotatable bonds is 4. The fourth-order valence-electron chi connectivity index (χ4n) is 8.06. The van der Waals surface area contributed by atoms with E-state index in [-0.39, 0.29) is 0 Å². The third-order valence-electron chi connectivity index (χ3n) is 10.5. The van der Waals surface area contributed by atoms with Gasteiger partial charge in [-0.2, -0.15) is 0 Å². The van der Waals surface area contributed by atoms with Crippen molar-refractivity contribution < 1.29 is 4.42 Å². The lowest BCUT2D eigenvalue weighted by Gasteiger charge is -2.14. The SMILES string of the molecule is c1ccc(-c2nc(-c3ccc(-c4ccccc4)c4ccccc34)nc(-c3cc4ccc5ccccc5c4c4oc5ccc6ccccc6c5c34)n2)cc1. The Balaban J connectivity index is 1.26. The second-order valence-corrected chi connectivity index (χ2v) is 13.5. The van der Waals surface area contributed by atoms with Crippen LogP contribution in [0.4, 0.5) is 0 Å². The zero-order valence-electron chi connectivity index (χ0n) is 28.5. The van der Waals surface area contributed by atoms with E-state index in [9.17, 15) is 0 Å². The van der Waals surface area contributed by atoms with Crippen LogP contribution in [0.2, 0.25) is 0 Å². The molecule has 4 heteroatoms. The zero-order chi connectivity index (χ0) is 34.9. The fraction of sp³-hybridized carbons (Fsp3) is 0. The van der Waals surface area contributed by atoms with Crippen molar-refractivity contribution >= 4 is 65.0 Å². The molecule has 0 aliphatic heterocycles. The fourth-order valence-corrected chi connectivity index (χ4v) is 8.06. The van der Waals surface area contributed by atoms with Gasteiger partial charge in [0.15, 0.2) is 17.5 Å². The van der Waals surface area contributed by atoms with Crippen LogP contribution in [0.5, 0.6) is 0 Å². The van der Waals surface area contributed by atoms with E-state index in [2.05, 4.69) is 158 Å². The summed E-state index contributed by atoms with van der Waals surface area (Å²) >= 11 is 0. The highest BCUT2D eigenvalue weighted by atomic mass is 16.3. The van der Waals surface area contributed by atoms with Crippen LogP contribution in [0.3, 0.4) is 0 Å². The van der Waals surface area contributed by atoms with E-state index in [0.29, 0.717) is 17.5 Å². The minimum atomic E-state index is 0.598. The number of hydrogen-bond donors (Lipinski definition) is 0. The summed E-state index contributed by atoms with van der Waals surface area (Å²) in [6, 6.07) is 61.4. The molecule has 0 bridgehead atoms. The Morgan fingerprint density at radius 3 is 1.55 bits per heavy atom.